The lowest BCUT2D eigenvalue weighted by atomic mass is 9.86. The summed E-state index contributed by atoms with van der Waals surface area (Å²) in [5.41, 5.74) is 6.66. The van der Waals surface area contributed by atoms with Crippen LogP contribution in [0.5, 0.6) is 0 Å². The first-order valence-corrected chi connectivity index (χ1v) is 7.29. The summed E-state index contributed by atoms with van der Waals surface area (Å²) in [6.07, 6.45) is 1.97. The molecule has 1 aliphatic rings. The van der Waals surface area contributed by atoms with Gasteiger partial charge in [-0.1, -0.05) is 25.1 Å². The van der Waals surface area contributed by atoms with E-state index in [4.69, 9.17) is 5.73 Å². The van der Waals surface area contributed by atoms with E-state index in [1.165, 1.54) is 6.42 Å². The lowest BCUT2D eigenvalue weighted by Gasteiger charge is -2.40. The molecule has 3 atom stereocenters. The van der Waals surface area contributed by atoms with Gasteiger partial charge in [0.25, 0.3) is 0 Å². The van der Waals surface area contributed by atoms with Crippen molar-refractivity contribution in [1.29, 1.82) is 0 Å². The van der Waals surface area contributed by atoms with Crippen molar-refractivity contribution in [2.24, 2.45) is 17.6 Å². The highest BCUT2D eigenvalue weighted by Gasteiger charge is 2.27. The average Bonchev–Trinajstić information content (AvgIpc) is 2.42. The minimum atomic E-state index is -0.0879. The minimum absolute atomic E-state index is 0.0879. The Hall–Kier alpha value is -0.930. The Labute approximate surface area is 115 Å². The molecule has 3 unspecified atom stereocenters. The van der Waals surface area contributed by atoms with Gasteiger partial charge in [-0.3, -0.25) is 4.90 Å². The van der Waals surface area contributed by atoms with E-state index < -0.39 is 0 Å². The van der Waals surface area contributed by atoms with E-state index in [9.17, 15) is 4.39 Å². The first-order chi connectivity index (χ1) is 9.11. The Balaban J connectivity index is 1.97. The molecule has 19 heavy (non-hydrogen) atoms. The number of likely N-dealkylation sites (tertiary alicyclic amines) is 1. The van der Waals surface area contributed by atoms with Crippen LogP contribution in [0.15, 0.2) is 24.3 Å². The Morgan fingerprint density at radius 3 is 2.84 bits per heavy atom. The Bertz CT molecular complexity index is 407. The van der Waals surface area contributed by atoms with Crippen molar-refractivity contribution in [3.05, 3.63) is 35.6 Å². The van der Waals surface area contributed by atoms with E-state index in [1.54, 1.807) is 12.1 Å². The molecule has 0 radical (unpaired) electrons. The Kier molecular flexibility index (Phi) is 4.94. The van der Waals surface area contributed by atoms with E-state index in [0.29, 0.717) is 17.9 Å². The highest BCUT2D eigenvalue weighted by Crippen LogP contribution is 2.24. The number of benzene rings is 1. The van der Waals surface area contributed by atoms with Crippen LogP contribution in [0.25, 0.3) is 0 Å². The van der Waals surface area contributed by atoms with Gasteiger partial charge in [-0.25, -0.2) is 4.39 Å². The molecular formula is C16H25FN2. The quantitative estimate of drug-likeness (QED) is 0.906. The van der Waals surface area contributed by atoms with E-state index in [0.717, 1.165) is 31.6 Å². The topological polar surface area (TPSA) is 29.3 Å². The maximum Gasteiger partial charge on any atom is 0.126 e. The van der Waals surface area contributed by atoms with Gasteiger partial charge >= 0.3 is 0 Å². The van der Waals surface area contributed by atoms with Gasteiger partial charge in [0.15, 0.2) is 0 Å². The molecule has 1 aliphatic heterocycles. The summed E-state index contributed by atoms with van der Waals surface area (Å²) in [5.74, 6) is 1.20. The Morgan fingerprint density at radius 1 is 1.42 bits per heavy atom. The van der Waals surface area contributed by atoms with Crippen LogP contribution < -0.4 is 5.73 Å². The summed E-state index contributed by atoms with van der Waals surface area (Å²) >= 11 is 0. The molecule has 1 aromatic rings. The molecular weight excluding hydrogens is 239 g/mol. The van der Waals surface area contributed by atoms with Crippen molar-refractivity contribution in [3.8, 4) is 0 Å². The van der Waals surface area contributed by atoms with Gasteiger partial charge in [-0.2, -0.15) is 0 Å². The van der Waals surface area contributed by atoms with Gasteiger partial charge in [0.2, 0.25) is 0 Å². The average molecular weight is 264 g/mol. The second kappa shape index (κ2) is 6.49. The third-order valence-electron chi connectivity index (χ3n) is 4.54. The maximum atomic E-state index is 13.7. The number of nitrogens with zero attached hydrogens (tertiary/aromatic N) is 1. The van der Waals surface area contributed by atoms with E-state index in [1.807, 2.05) is 12.1 Å². The van der Waals surface area contributed by atoms with E-state index in [-0.39, 0.29) is 5.82 Å². The first-order valence-electron chi connectivity index (χ1n) is 7.29. The molecule has 1 heterocycles. The molecule has 2 rings (SSSR count). The zero-order valence-electron chi connectivity index (χ0n) is 12.0. The highest BCUT2D eigenvalue weighted by atomic mass is 19.1. The van der Waals surface area contributed by atoms with Crippen LogP contribution in [-0.2, 0) is 6.42 Å². The van der Waals surface area contributed by atoms with Crippen LogP contribution in [0.3, 0.4) is 0 Å². The summed E-state index contributed by atoms with van der Waals surface area (Å²) in [7, 11) is 0. The maximum absolute atomic E-state index is 13.7. The summed E-state index contributed by atoms with van der Waals surface area (Å²) in [6.45, 7) is 7.39. The fourth-order valence-electron chi connectivity index (χ4n) is 3.00. The number of hydrogen-bond donors (Lipinski definition) is 1. The predicted molar refractivity (Wildman–Crippen MR) is 77.5 cm³/mol. The number of hydrogen-bond acceptors (Lipinski definition) is 2. The van der Waals surface area contributed by atoms with Gasteiger partial charge in [0.1, 0.15) is 5.82 Å². The summed E-state index contributed by atoms with van der Waals surface area (Å²) in [5, 5.41) is 0. The molecule has 0 spiro atoms. The lowest BCUT2D eigenvalue weighted by molar-refractivity contribution is 0.0974. The number of piperidine rings is 1. The predicted octanol–water partition coefficient (Wildman–Crippen LogP) is 2.67. The summed E-state index contributed by atoms with van der Waals surface area (Å²) in [4.78, 5) is 2.46. The Morgan fingerprint density at radius 2 is 2.16 bits per heavy atom. The molecule has 1 fully saturated rings. The van der Waals surface area contributed by atoms with Crippen molar-refractivity contribution in [2.75, 3.05) is 19.6 Å². The zero-order chi connectivity index (χ0) is 13.8. The SMILES string of the molecule is CC1CCN(C(C)Cc2ccccc2F)CC1CN. The smallest absolute Gasteiger partial charge is 0.126 e. The summed E-state index contributed by atoms with van der Waals surface area (Å²) in [6, 6.07) is 7.46. The first kappa shape index (κ1) is 14.5. The lowest BCUT2D eigenvalue weighted by Crippen LogP contribution is -2.47. The normalized spacial score (nSPS) is 26.3. The van der Waals surface area contributed by atoms with Crippen LogP contribution in [-0.4, -0.2) is 30.6 Å². The van der Waals surface area contributed by atoms with Crippen molar-refractivity contribution in [1.82, 2.24) is 4.90 Å². The van der Waals surface area contributed by atoms with Gasteiger partial charge in [-0.05, 0) is 56.3 Å². The van der Waals surface area contributed by atoms with Crippen LogP contribution in [0.4, 0.5) is 4.39 Å². The minimum Gasteiger partial charge on any atom is -0.330 e. The molecule has 2 nitrogen and oxygen atoms in total. The van der Waals surface area contributed by atoms with E-state index in [2.05, 4.69) is 18.7 Å². The molecule has 106 valence electrons. The van der Waals surface area contributed by atoms with Gasteiger partial charge in [0, 0.05) is 12.6 Å². The number of nitrogens with two attached hydrogens (primary N) is 1. The van der Waals surface area contributed by atoms with Crippen molar-refractivity contribution in [3.63, 3.8) is 0 Å². The molecule has 0 saturated carbocycles. The van der Waals surface area contributed by atoms with Crippen LogP contribution in [0.1, 0.15) is 25.8 Å². The molecule has 3 heteroatoms. The monoisotopic (exact) mass is 264 g/mol. The van der Waals surface area contributed by atoms with Crippen molar-refractivity contribution in [2.45, 2.75) is 32.7 Å². The standard InChI is InChI=1S/C16H25FN2/c1-12-7-8-19(11-15(12)10-18)13(2)9-14-5-3-4-6-16(14)17/h3-6,12-13,15H,7-11,18H2,1-2H3. The van der Waals surface area contributed by atoms with Crippen LogP contribution >= 0.6 is 0 Å². The zero-order valence-corrected chi connectivity index (χ0v) is 12.0. The van der Waals surface area contributed by atoms with Gasteiger partial charge in [-0.15, -0.1) is 0 Å². The molecule has 2 N–H and O–H groups in total. The van der Waals surface area contributed by atoms with Crippen molar-refractivity contribution >= 4 is 0 Å². The molecule has 1 saturated heterocycles. The van der Waals surface area contributed by atoms with Gasteiger partial charge in [0.05, 0.1) is 0 Å². The van der Waals surface area contributed by atoms with E-state index >= 15 is 0 Å². The second-order valence-electron chi connectivity index (χ2n) is 5.90. The number of rotatable bonds is 4. The van der Waals surface area contributed by atoms with Gasteiger partial charge < -0.3 is 5.73 Å². The third kappa shape index (κ3) is 3.54. The fourth-order valence-corrected chi connectivity index (χ4v) is 3.00. The fraction of sp³-hybridized carbons (Fsp3) is 0.625. The molecule has 0 aromatic heterocycles. The highest BCUT2D eigenvalue weighted by molar-refractivity contribution is 5.18. The summed E-state index contributed by atoms with van der Waals surface area (Å²) < 4.78 is 13.7. The van der Waals surface area contributed by atoms with Crippen molar-refractivity contribution < 1.29 is 4.39 Å². The third-order valence-corrected chi connectivity index (χ3v) is 4.54. The molecule has 1 aromatic carbocycles. The van der Waals surface area contributed by atoms with Crippen LogP contribution in [0, 0.1) is 17.7 Å². The largest absolute Gasteiger partial charge is 0.330 e. The number of halogens is 1. The molecule has 0 bridgehead atoms. The molecule has 0 aliphatic carbocycles. The second-order valence-corrected chi connectivity index (χ2v) is 5.90. The van der Waals surface area contributed by atoms with Crippen LogP contribution in [0.2, 0.25) is 0 Å². The molecule has 0 amide bonds.